The van der Waals surface area contributed by atoms with Gasteiger partial charge in [0.15, 0.2) is 0 Å². The second-order valence-corrected chi connectivity index (χ2v) is 4.95. The molecule has 2 amide bonds. The Morgan fingerprint density at radius 1 is 1.31 bits per heavy atom. The van der Waals surface area contributed by atoms with Gasteiger partial charge < -0.3 is 5.32 Å². The minimum atomic E-state index is 0.0115. The summed E-state index contributed by atoms with van der Waals surface area (Å²) in [7, 11) is 1.90. The summed E-state index contributed by atoms with van der Waals surface area (Å²) in [5.74, 6) is 0.182. The fourth-order valence-corrected chi connectivity index (χ4v) is 2.75. The van der Waals surface area contributed by atoms with Crippen molar-refractivity contribution < 1.29 is 9.59 Å². The zero-order valence-electron chi connectivity index (χ0n) is 10.0. The normalized spacial score (nSPS) is 31.0. The van der Waals surface area contributed by atoms with Crippen LogP contribution in [0.4, 0.5) is 0 Å². The van der Waals surface area contributed by atoms with E-state index in [1.54, 1.807) is 0 Å². The maximum absolute atomic E-state index is 12.0. The third kappa shape index (κ3) is 1.86. The molecule has 2 fully saturated rings. The van der Waals surface area contributed by atoms with Crippen LogP contribution in [0, 0.1) is 11.8 Å². The molecule has 1 heterocycles. The predicted molar refractivity (Wildman–Crippen MR) is 60.7 cm³/mol. The molecule has 4 nitrogen and oxygen atoms in total. The molecule has 90 valence electrons. The maximum atomic E-state index is 12.0. The van der Waals surface area contributed by atoms with Gasteiger partial charge in [0, 0.05) is 12.6 Å². The van der Waals surface area contributed by atoms with E-state index < -0.39 is 0 Å². The van der Waals surface area contributed by atoms with Crippen LogP contribution >= 0.6 is 0 Å². The van der Waals surface area contributed by atoms with Crippen LogP contribution in [0.2, 0.25) is 0 Å². The zero-order chi connectivity index (χ0) is 11.7. The minimum Gasteiger partial charge on any atom is -0.317 e. The van der Waals surface area contributed by atoms with Gasteiger partial charge in [-0.25, -0.2) is 0 Å². The first kappa shape index (κ1) is 11.6. The third-order valence-electron chi connectivity index (χ3n) is 3.96. The van der Waals surface area contributed by atoms with Crippen molar-refractivity contribution in [2.75, 3.05) is 13.6 Å². The van der Waals surface area contributed by atoms with Gasteiger partial charge >= 0.3 is 0 Å². The molecule has 0 spiro atoms. The molecule has 3 unspecified atom stereocenters. The van der Waals surface area contributed by atoms with E-state index in [1.807, 2.05) is 7.05 Å². The molecular formula is C12H20N2O2. The molecular weight excluding hydrogens is 204 g/mol. The number of hydrogen-bond donors (Lipinski definition) is 1. The molecule has 1 saturated heterocycles. The molecule has 4 heteroatoms. The number of rotatable bonds is 4. The molecule has 3 atom stereocenters. The Hall–Kier alpha value is -0.900. The first-order valence-corrected chi connectivity index (χ1v) is 6.17. The second-order valence-electron chi connectivity index (χ2n) is 4.95. The second kappa shape index (κ2) is 4.53. The predicted octanol–water partition coefficient (Wildman–Crippen LogP) is 0.769. The van der Waals surface area contributed by atoms with Gasteiger partial charge in [0.1, 0.15) is 0 Å². The summed E-state index contributed by atoms with van der Waals surface area (Å²) in [5, 5.41) is 3.12. The highest BCUT2D eigenvalue weighted by molar-refractivity contribution is 6.05. The monoisotopic (exact) mass is 224 g/mol. The van der Waals surface area contributed by atoms with Crippen LogP contribution in [-0.2, 0) is 9.59 Å². The van der Waals surface area contributed by atoms with E-state index in [9.17, 15) is 9.59 Å². The number of carbonyl (C=O) groups is 2. The molecule has 0 radical (unpaired) electrons. The van der Waals surface area contributed by atoms with Gasteiger partial charge in [-0.1, -0.05) is 6.42 Å². The van der Waals surface area contributed by atoms with E-state index in [1.165, 1.54) is 4.90 Å². The summed E-state index contributed by atoms with van der Waals surface area (Å²) in [4.78, 5) is 25.5. The summed E-state index contributed by atoms with van der Waals surface area (Å²) in [6, 6.07) is 0.348. The standard InChI is InChI=1S/C12H20N2O2/c1-8(13-2)6-7-14-11(15)9-4-3-5-10(9)12(14)16/h8-10,13H,3-7H2,1-2H3. The smallest absolute Gasteiger partial charge is 0.233 e. The van der Waals surface area contributed by atoms with Crippen molar-refractivity contribution in [2.45, 2.75) is 38.6 Å². The zero-order valence-corrected chi connectivity index (χ0v) is 10.0. The van der Waals surface area contributed by atoms with E-state index in [4.69, 9.17) is 0 Å². The lowest BCUT2D eigenvalue weighted by molar-refractivity contribution is -0.140. The van der Waals surface area contributed by atoms with Crippen LogP contribution in [0.15, 0.2) is 0 Å². The highest BCUT2D eigenvalue weighted by Crippen LogP contribution is 2.39. The van der Waals surface area contributed by atoms with E-state index in [0.29, 0.717) is 12.6 Å². The van der Waals surface area contributed by atoms with Gasteiger partial charge in [0.2, 0.25) is 11.8 Å². The topological polar surface area (TPSA) is 49.4 Å². The Morgan fingerprint density at radius 3 is 2.38 bits per heavy atom. The summed E-state index contributed by atoms with van der Waals surface area (Å²) in [6.45, 7) is 2.64. The van der Waals surface area contributed by atoms with Crippen molar-refractivity contribution in [1.82, 2.24) is 10.2 Å². The Balaban J connectivity index is 1.96. The van der Waals surface area contributed by atoms with Gasteiger partial charge in [0.25, 0.3) is 0 Å². The fourth-order valence-electron chi connectivity index (χ4n) is 2.75. The molecule has 2 rings (SSSR count). The average Bonchev–Trinajstić information content (AvgIpc) is 2.83. The van der Waals surface area contributed by atoms with Gasteiger partial charge in [-0.2, -0.15) is 0 Å². The van der Waals surface area contributed by atoms with E-state index in [-0.39, 0.29) is 23.7 Å². The molecule has 0 bridgehead atoms. The van der Waals surface area contributed by atoms with Crippen molar-refractivity contribution in [1.29, 1.82) is 0 Å². The number of imide groups is 1. The minimum absolute atomic E-state index is 0.0115. The summed E-state index contributed by atoms with van der Waals surface area (Å²) >= 11 is 0. The SMILES string of the molecule is CNC(C)CCN1C(=O)C2CCCC2C1=O. The first-order valence-electron chi connectivity index (χ1n) is 6.17. The summed E-state index contributed by atoms with van der Waals surface area (Å²) < 4.78 is 0. The van der Waals surface area contributed by atoms with Crippen LogP contribution in [0.3, 0.4) is 0 Å². The largest absolute Gasteiger partial charge is 0.317 e. The lowest BCUT2D eigenvalue weighted by Crippen LogP contribution is -2.36. The third-order valence-corrected chi connectivity index (χ3v) is 3.96. The van der Waals surface area contributed by atoms with Crippen LogP contribution in [-0.4, -0.2) is 36.3 Å². The molecule has 1 N–H and O–H groups in total. The van der Waals surface area contributed by atoms with E-state index >= 15 is 0 Å². The fraction of sp³-hybridized carbons (Fsp3) is 0.833. The van der Waals surface area contributed by atoms with Gasteiger partial charge in [-0.3, -0.25) is 14.5 Å². The van der Waals surface area contributed by atoms with Crippen molar-refractivity contribution in [2.24, 2.45) is 11.8 Å². The van der Waals surface area contributed by atoms with Crippen molar-refractivity contribution >= 4 is 11.8 Å². The molecule has 2 aliphatic rings. The summed E-state index contributed by atoms with van der Waals surface area (Å²) in [6.07, 6.45) is 3.70. The van der Waals surface area contributed by atoms with Crippen molar-refractivity contribution in [3.05, 3.63) is 0 Å². The Morgan fingerprint density at radius 2 is 1.88 bits per heavy atom. The Kier molecular flexibility index (Phi) is 3.28. The Labute approximate surface area is 96.4 Å². The van der Waals surface area contributed by atoms with Crippen LogP contribution in [0.5, 0.6) is 0 Å². The number of nitrogens with zero attached hydrogens (tertiary/aromatic N) is 1. The van der Waals surface area contributed by atoms with Gasteiger partial charge in [-0.15, -0.1) is 0 Å². The average molecular weight is 224 g/mol. The number of likely N-dealkylation sites (tertiary alicyclic amines) is 1. The van der Waals surface area contributed by atoms with Crippen LogP contribution < -0.4 is 5.32 Å². The van der Waals surface area contributed by atoms with Gasteiger partial charge in [-0.05, 0) is 33.2 Å². The number of amides is 2. The quantitative estimate of drug-likeness (QED) is 0.718. The highest BCUT2D eigenvalue weighted by atomic mass is 16.2. The Bertz CT molecular complexity index is 281. The van der Waals surface area contributed by atoms with E-state index in [0.717, 1.165) is 25.7 Å². The summed E-state index contributed by atoms with van der Waals surface area (Å²) in [5.41, 5.74) is 0. The molecule has 0 aromatic heterocycles. The van der Waals surface area contributed by atoms with E-state index in [2.05, 4.69) is 12.2 Å². The number of nitrogens with one attached hydrogen (secondary N) is 1. The lowest BCUT2D eigenvalue weighted by Gasteiger charge is -2.18. The maximum Gasteiger partial charge on any atom is 0.233 e. The lowest BCUT2D eigenvalue weighted by atomic mass is 10.00. The molecule has 0 aromatic carbocycles. The molecule has 1 saturated carbocycles. The highest BCUT2D eigenvalue weighted by Gasteiger charge is 2.49. The molecule has 1 aliphatic heterocycles. The molecule has 0 aromatic rings. The van der Waals surface area contributed by atoms with Crippen molar-refractivity contribution in [3.63, 3.8) is 0 Å². The number of fused-ring (bicyclic) bond motifs is 1. The number of carbonyl (C=O) groups excluding carboxylic acids is 2. The van der Waals surface area contributed by atoms with Crippen molar-refractivity contribution in [3.8, 4) is 0 Å². The van der Waals surface area contributed by atoms with Crippen LogP contribution in [0.1, 0.15) is 32.6 Å². The molecule has 1 aliphatic carbocycles. The number of hydrogen-bond acceptors (Lipinski definition) is 3. The van der Waals surface area contributed by atoms with Crippen LogP contribution in [0.25, 0.3) is 0 Å². The molecule has 16 heavy (non-hydrogen) atoms. The first-order chi connectivity index (χ1) is 7.65. The van der Waals surface area contributed by atoms with Gasteiger partial charge in [0.05, 0.1) is 11.8 Å².